The van der Waals surface area contributed by atoms with Gasteiger partial charge in [0, 0.05) is 6.54 Å². The van der Waals surface area contributed by atoms with Crippen LogP contribution in [0.3, 0.4) is 0 Å². The van der Waals surface area contributed by atoms with E-state index in [-0.39, 0.29) is 11.8 Å². The summed E-state index contributed by atoms with van der Waals surface area (Å²) in [5.41, 5.74) is 11.0. The molecule has 0 fully saturated rings. The van der Waals surface area contributed by atoms with Crippen LogP contribution >= 0.6 is 0 Å². The minimum atomic E-state index is -0.345. The van der Waals surface area contributed by atoms with Crippen molar-refractivity contribution < 1.29 is 10.1 Å². The van der Waals surface area contributed by atoms with E-state index >= 15 is 0 Å². The first-order chi connectivity index (χ1) is 6.07. The summed E-state index contributed by atoms with van der Waals surface area (Å²) in [5.74, 6) is 0.565. The first-order valence-corrected chi connectivity index (χ1v) is 4.43. The van der Waals surface area contributed by atoms with Crippen molar-refractivity contribution in [1.82, 2.24) is 0 Å². The maximum absolute atomic E-state index is 10.7. The summed E-state index contributed by atoms with van der Waals surface area (Å²) < 4.78 is 0. The summed E-state index contributed by atoms with van der Waals surface area (Å²) in [6.45, 7) is 2.14. The fraction of sp³-hybridized carbons (Fsp3) is 0.750. The Hall–Kier alpha value is -0.940. The van der Waals surface area contributed by atoms with E-state index in [2.05, 4.69) is 4.99 Å². The highest BCUT2D eigenvalue weighted by Gasteiger charge is 2.06. The summed E-state index contributed by atoms with van der Waals surface area (Å²) in [6.07, 6.45) is 1.48. The lowest BCUT2D eigenvalue weighted by Crippen LogP contribution is -2.86. The summed E-state index contributed by atoms with van der Waals surface area (Å²) >= 11 is 0. The molecule has 0 aromatic rings. The van der Waals surface area contributed by atoms with E-state index < -0.39 is 0 Å². The topological polar surface area (TPSA) is 98.1 Å². The third-order valence-corrected chi connectivity index (χ3v) is 1.79. The van der Waals surface area contributed by atoms with E-state index in [0.717, 1.165) is 6.42 Å². The molecule has 6 N–H and O–H groups in total. The Labute approximate surface area is 78.6 Å². The maximum Gasteiger partial charge on any atom is 0.291 e. The lowest BCUT2D eigenvalue weighted by molar-refractivity contribution is -0.508. The standard InChI is InChI=1S/C8H18N4O/c1-6(13)7(9)4-3-5-12-8(10)11-2/h7H,3-5,9H2,1-2H3,(H3,10,11,12)/p+1. The molecule has 1 unspecified atom stereocenters. The molecule has 0 amide bonds. The van der Waals surface area contributed by atoms with Crippen LogP contribution < -0.4 is 16.8 Å². The van der Waals surface area contributed by atoms with Crippen LogP contribution in [0, 0.1) is 0 Å². The van der Waals surface area contributed by atoms with Crippen LogP contribution in [0.1, 0.15) is 19.8 Å². The summed E-state index contributed by atoms with van der Waals surface area (Å²) in [6, 6.07) is -0.345. The molecule has 0 rings (SSSR count). The summed E-state index contributed by atoms with van der Waals surface area (Å²) in [5, 5.41) is 1.74. The second-order valence-corrected chi connectivity index (χ2v) is 2.95. The van der Waals surface area contributed by atoms with Crippen molar-refractivity contribution in [2.45, 2.75) is 25.8 Å². The molecule has 0 radical (unpaired) electrons. The second kappa shape index (κ2) is 6.56. The summed E-state index contributed by atoms with van der Waals surface area (Å²) in [7, 11) is 1.83. The predicted molar refractivity (Wildman–Crippen MR) is 52.2 cm³/mol. The molecule has 0 aliphatic rings. The number of guanidine groups is 1. The van der Waals surface area contributed by atoms with Crippen LogP contribution in [0.15, 0.2) is 4.99 Å². The molecule has 0 aromatic carbocycles. The fourth-order valence-electron chi connectivity index (χ4n) is 0.814. The molecule has 0 heterocycles. The zero-order valence-electron chi connectivity index (χ0n) is 8.29. The number of Topliss-reactive ketones (excluding diaryl/α,β-unsaturated/α-hetero) is 1. The van der Waals surface area contributed by atoms with E-state index in [1.54, 1.807) is 5.32 Å². The van der Waals surface area contributed by atoms with Gasteiger partial charge >= 0.3 is 0 Å². The minimum absolute atomic E-state index is 0.0269. The maximum atomic E-state index is 10.7. The molecule has 13 heavy (non-hydrogen) atoms. The van der Waals surface area contributed by atoms with Gasteiger partial charge in [0.1, 0.15) is 5.78 Å². The van der Waals surface area contributed by atoms with E-state index in [4.69, 9.17) is 11.5 Å². The molecule has 0 aliphatic carbocycles. The number of nitrogens with two attached hydrogens (primary N) is 3. The third-order valence-electron chi connectivity index (χ3n) is 1.79. The van der Waals surface area contributed by atoms with Crippen molar-refractivity contribution in [2.75, 3.05) is 13.6 Å². The third kappa shape index (κ3) is 6.24. The normalized spacial score (nSPS) is 14.2. The quantitative estimate of drug-likeness (QED) is 0.269. The number of rotatable bonds is 5. The van der Waals surface area contributed by atoms with Gasteiger partial charge in [0.15, 0.2) is 0 Å². The number of carbonyl (C=O) groups is 1. The average molecular weight is 187 g/mol. The number of nitrogens with zero attached hydrogens (tertiary/aromatic N) is 1. The second-order valence-electron chi connectivity index (χ2n) is 2.95. The van der Waals surface area contributed by atoms with E-state index in [9.17, 15) is 4.79 Å². The van der Waals surface area contributed by atoms with Crippen LogP contribution in [0.5, 0.6) is 0 Å². The highest BCUT2D eigenvalue weighted by molar-refractivity contribution is 5.81. The number of ketones is 1. The van der Waals surface area contributed by atoms with Crippen LogP contribution in [0.25, 0.3) is 0 Å². The van der Waals surface area contributed by atoms with E-state index in [1.165, 1.54) is 6.92 Å². The molecule has 1 atom stereocenters. The Morgan fingerprint density at radius 1 is 1.62 bits per heavy atom. The van der Waals surface area contributed by atoms with Gasteiger partial charge in [-0.15, -0.1) is 0 Å². The van der Waals surface area contributed by atoms with Gasteiger partial charge in [0.05, 0.1) is 13.1 Å². The van der Waals surface area contributed by atoms with Gasteiger partial charge in [-0.3, -0.25) is 10.1 Å². The van der Waals surface area contributed by atoms with Crippen molar-refractivity contribution in [3.05, 3.63) is 0 Å². The molecule has 0 saturated carbocycles. The van der Waals surface area contributed by atoms with Gasteiger partial charge in [-0.1, -0.05) is 0 Å². The van der Waals surface area contributed by atoms with E-state index in [0.29, 0.717) is 18.9 Å². The molecular formula is C8H19N4O+. The smallest absolute Gasteiger partial charge is 0.291 e. The van der Waals surface area contributed by atoms with Gasteiger partial charge in [-0.05, 0) is 19.8 Å². The van der Waals surface area contributed by atoms with Crippen molar-refractivity contribution in [2.24, 2.45) is 16.5 Å². The van der Waals surface area contributed by atoms with E-state index in [1.807, 2.05) is 7.05 Å². The van der Waals surface area contributed by atoms with Gasteiger partial charge in [-0.2, -0.15) is 0 Å². The number of hydrogen-bond donors (Lipinski definition) is 3. The van der Waals surface area contributed by atoms with Crippen LogP contribution in [0.2, 0.25) is 0 Å². The van der Waals surface area contributed by atoms with Crippen LogP contribution in [-0.2, 0) is 4.79 Å². The number of quaternary nitrogens is 1. The highest BCUT2D eigenvalue weighted by atomic mass is 16.1. The van der Waals surface area contributed by atoms with Crippen molar-refractivity contribution in [3.8, 4) is 0 Å². The van der Waals surface area contributed by atoms with Crippen LogP contribution in [-0.4, -0.2) is 31.4 Å². The van der Waals surface area contributed by atoms with Crippen molar-refractivity contribution in [3.63, 3.8) is 0 Å². The molecular weight excluding hydrogens is 168 g/mol. The largest absolute Gasteiger partial charge is 0.338 e. The minimum Gasteiger partial charge on any atom is -0.338 e. The van der Waals surface area contributed by atoms with Crippen molar-refractivity contribution >= 4 is 11.7 Å². The van der Waals surface area contributed by atoms with Gasteiger partial charge < -0.3 is 11.5 Å². The molecule has 76 valence electrons. The summed E-state index contributed by atoms with van der Waals surface area (Å²) in [4.78, 5) is 14.8. The molecule has 0 bridgehead atoms. The Bertz CT molecular complexity index is 191. The molecule has 0 saturated heterocycles. The first kappa shape index (κ1) is 12.1. The number of aliphatic imine (C=N–C) groups is 1. The number of hydrogen-bond acceptors (Lipinski definition) is 3. The SMILES string of the molecule is C[NH2+]C(N)=NCCCC(N)C(C)=O. The average Bonchev–Trinajstić information content (AvgIpc) is 2.11. The number of carbonyl (C=O) groups excluding carboxylic acids is 1. The highest BCUT2D eigenvalue weighted by Crippen LogP contribution is 1.95. The Kier molecular flexibility index (Phi) is 6.09. The molecule has 0 aromatic heterocycles. The van der Waals surface area contributed by atoms with Gasteiger partial charge in [0.25, 0.3) is 5.96 Å². The Morgan fingerprint density at radius 2 is 2.23 bits per heavy atom. The lowest BCUT2D eigenvalue weighted by atomic mass is 10.1. The van der Waals surface area contributed by atoms with Gasteiger partial charge in [0.2, 0.25) is 0 Å². The van der Waals surface area contributed by atoms with Gasteiger partial charge in [-0.25, -0.2) is 4.99 Å². The Balaban J connectivity index is 3.51. The predicted octanol–water partition coefficient (Wildman–Crippen LogP) is -1.81. The molecule has 0 aliphatic heterocycles. The zero-order valence-corrected chi connectivity index (χ0v) is 8.29. The fourth-order valence-corrected chi connectivity index (χ4v) is 0.814. The first-order valence-electron chi connectivity index (χ1n) is 4.43. The zero-order chi connectivity index (χ0) is 10.3. The molecule has 0 spiro atoms. The van der Waals surface area contributed by atoms with Crippen LogP contribution in [0.4, 0.5) is 0 Å². The Morgan fingerprint density at radius 3 is 2.69 bits per heavy atom. The molecule has 5 nitrogen and oxygen atoms in total. The monoisotopic (exact) mass is 187 g/mol. The lowest BCUT2D eigenvalue weighted by Gasteiger charge is -2.04. The molecule has 5 heteroatoms. The van der Waals surface area contributed by atoms with Crippen molar-refractivity contribution in [1.29, 1.82) is 0 Å².